The molecule has 0 aliphatic carbocycles. The number of aryl methyl sites for hydroxylation is 1. The van der Waals surface area contributed by atoms with E-state index >= 15 is 0 Å². The molecular formula is C20H29N5O3S. The van der Waals surface area contributed by atoms with Crippen LogP contribution in [0.25, 0.3) is 0 Å². The van der Waals surface area contributed by atoms with Crippen molar-refractivity contribution in [1.82, 2.24) is 24.4 Å². The van der Waals surface area contributed by atoms with Crippen molar-refractivity contribution < 1.29 is 13.2 Å². The number of rotatable bonds is 7. The van der Waals surface area contributed by atoms with E-state index < -0.39 is 10.0 Å². The molecule has 2 unspecified atom stereocenters. The van der Waals surface area contributed by atoms with E-state index in [9.17, 15) is 13.2 Å². The quantitative estimate of drug-likeness (QED) is 0.740. The summed E-state index contributed by atoms with van der Waals surface area (Å²) < 4.78 is 29.6. The maximum Gasteiger partial charge on any atom is 0.251 e. The van der Waals surface area contributed by atoms with Crippen molar-refractivity contribution in [3.63, 3.8) is 0 Å². The minimum Gasteiger partial charge on any atom is -0.352 e. The fourth-order valence-corrected chi connectivity index (χ4v) is 5.60. The van der Waals surface area contributed by atoms with Crippen LogP contribution in [0.3, 0.4) is 0 Å². The second-order valence-corrected chi connectivity index (χ2v) is 9.77. The van der Waals surface area contributed by atoms with Gasteiger partial charge in [0, 0.05) is 38.2 Å². The van der Waals surface area contributed by atoms with E-state index in [-0.39, 0.29) is 10.8 Å². The molecule has 0 saturated carbocycles. The molecule has 1 amide bonds. The second kappa shape index (κ2) is 9.04. The zero-order chi connectivity index (χ0) is 21.0. The molecule has 2 aromatic rings. The highest BCUT2D eigenvalue weighted by molar-refractivity contribution is 7.89. The monoisotopic (exact) mass is 419 g/mol. The maximum atomic E-state index is 13.1. The van der Waals surface area contributed by atoms with Crippen LogP contribution in [0.4, 0.5) is 0 Å². The van der Waals surface area contributed by atoms with E-state index in [1.165, 1.54) is 6.07 Å². The highest BCUT2D eigenvalue weighted by Gasteiger charge is 2.31. The van der Waals surface area contributed by atoms with Gasteiger partial charge in [0.2, 0.25) is 10.0 Å². The number of nitrogens with one attached hydrogen (secondary N) is 1. The molecule has 1 aromatic carbocycles. The maximum absolute atomic E-state index is 13.1. The first-order valence-corrected chi connectivity index (χ1v) is 11.5. The molecule has 158 valence electrons. The molecule has 1 fully saturated rings. The second-order valence-electron chi connectivity index (χ2n) is 7.83. The van der Waals surface area contributed by atoms with Crippen LogP contribution in [0, 0.1) is 11.8 Å². The number of nitrogens with zero attached hydrogens (tertiary/aromatic N) is 4. The van der Waals surface area contributed by atoms with Gasteiger partial charge in [-0.05, 0) is 43.4 Å². The van der Waals surface area contributed by atoms with Crippen LogP contribution in [-0.2, 0) is 23.0 Å². The smallest absolute Gasteiger partial charge is 0.251 e. The van der Waals surface area contributed by atoms with Crippen LogP contribution >= 0.6 is 0 Å². The van der Waals surface area contributed by atoms with Crippen LogP contribution in [0.5, 0.6) is 0 Å². The molecule has 1 aromatic heterocycles. The van der Waals surface area contributed by atoms with Gasteiger partial charge in [-0.2, -0.15) is 4.31 Å². The van der Waals surface area contributed by atoms with Crippen molar-refractivity contribution in [2.24, 2.45) is 11.8 Å². The Balaban J connectivity index is 1.67. The van der Waals surface area contributed by atoms with Gasteiger partial charge < -0.3 is 9.88 Å². The normalized spacial score (nSPS) is 20.5. The summed E-state index contributed by atoms with van der Waals surface area (Å²) in [6.45, 7) is 8.34. The molecule has 9 heteroatoms. The minimum absolute atomic E-state index is 0.164. The largest absolute Gasteiger partial charge is 0.352 e. The summed E-state index contributed by atoms with van der Waals surface area (Å²) in [7, 11) is -3.62. The molecular weight excluding hydrogens is 390 g/mol. The Kier molecular flexibility index (Phi) is 6.69. The Bertz CT molecular complexity index is 947. The summed E-state index contributed by atoms with van der Waals surface area (Å²) in [6.07, 6.45) is 3.25. The van der Waals surface area contributed by atoms with Gasteiger partial charge in [0.1, 0.15) is 12.2 Å². The van der Waals surface area contributed by atoms with E-state index in [1.807, 2.05) is 11.5 Å². The van der Waals surface area contributed by atoms with Gasteiger partial charge in [0.05, 0.1) is 4.90 Å². The zero-order valence-electron chi connectivity index (χ0n) is 17.2. The number of hydrogen-bond donors (Lipinski definition) is 1. The van der Waals surface area contributed by atoms with Crippen LogP contribution in [0.1, 0.15) is 43.4 Å². The fourth-order valence-electron chi connectivity index (χ4n) is 3.88. The summed E-state index contributed by atoms with van der Waals surface area (Å²) in [5.74, 6) is 1.15. The SMILES string of the molecule is CCn1cnnc1CCNC(=O)c1cccc(S(=O)(=O)N2CC(C)CC(C)C2)c1. The predicted octanol–water partition coefficient (Wildman–Crippen LogP) is 1.94. The number of carbonyl (C=O) groups excluding carboxylic acids is 1. The molecule has 1 aliphatic rings. The topological polar surface area (TPSA) is 97.2 Å². The van der Waals surface area contributed by atoms with E-state index in [2.05, 4.69) is 29.4 Å². The number of carbonyl (C=O) groups is 1. The van der Waals surface area contributed by atoms with E-state index in [0.717, 1.165) is 18.8 Å². The van der Waals surface area contributed by atoms with Crippen LogP contribution in [0.2, 0.25) is 0 Å². The summed E-state index contributed by atoms with van der Waals surface area (Å²) in [5, 5.41) is 10.7. The van der Waals surface area contributed by atoms with Crippen molar-refractivity contribution in [2.75, 3.05) is 19.6 Å². The Hall–Kier alpha value is -2.26. The van der Waals surface area contributed by atoms with Gasteiger partial charge in [0.25, 0.3) is 5.91 Å². The lowest BCUT2D eigenvalue weighted by molar-refractivity contribution is 0.0953. The Morgan fingerprint density at radius 2 is 1.97 bits per heavy atom. The summed E-state index contributed by atoms with van der Waals surface area (Å²) >= 11 is 0. The highest BCUT2D eigenvalue weighted by atomic mass is 32.2. The molecule has 3 rings (SSSR count). The molecule has 1 N–H and O–H groups in total. The Morgan fingerprint density at radius 3 is 2.66 bits per heavy atom. The van der Waals surface area contributed by atoms with Crippen molar-refractivity contribution in [3.8, 4) is 0 Å². The third-order valence-corrected chi connectivity index (χ3v) is 7.07. The fraction of sp³-hybridized carbons (Fsp3) is 0.550. The molecule has 8 nitrogen and oxygen atoms in total. The molecule has 2 atom stereocenters. The molecule has 1 aliphatic heterocycles. The standard InChI is InChI=1S/C20H29N5O3S/c1-4-24-14-22-23-19(24)8-9-21-20(26)17-6-5-7-18(11-17)29(27,28)25-12-15(2)10-16(3)13-25/h5-7,11,14-16H,4,8-10,12-13H2,1-3H3,(H,21,26). The molecule has 0 radical (unpaired) electrons. The lowest BCUT2D eigenvalue weighted by Crippen LogP contribution is -2.42. The molecule has 2 heterocycles. The van der Waals surface area contributed by atoms with Gasteiger partial charge >= 0.3 is 0 Å². The van der Waals surface area contributed by atoms with Crippen LogP contribution < -0.4 is 5.32 Å². The minimum atomic E-state index is -3.62. The van der Waals surface area contributed by atoms with Crippen molar-refractivity contribution in [1.29, 1.82) is 0 Å². The van der Waals surface area contributed by atoms with Gasteiger partial charge in [-0.15, -0.1) is 10.2 Å². The number of hydrogen-bond acceptors (Lipinski definition) is 5. The number of piperidine rings is 1. The van der Waals surface area contributed by atoms with Crippen molar-refractivity contribution >= 4 is 15.9 Å². The van der Waals surface area contributed by atoms with Crippen molar-refractivity contribution in [2.45, 2.75) is 45.1 Å². The predicted molar refractivity (Wildman–Crippen MR) is 110 cm³/mol. The van der Waals surface area contributed by atoms with E-state index in [4.69, 9.17) is 0 Å². The first-order valence-electron chi connectivity index (χ1n) is 10.1. The summed E-state index contributed by atoms with van der Waals surface area (Å²) in [5.41, 5.74) is 0.334. The van der Waals surface area contributed by atoms with Gasteiger partial charge in [-0.25, -0.2) is 8.42 Å². The highest BCUT2D eigenvalue weighted by Crippen LogP contribution is 2.27. The van der Waals surface area contributed by atoms with Gasteiger partial charge in [-0.3, -0.25) is 4.79 Å². The van der Waals surface area contributed by atoms with E-state index in [1.54, 1.807) is 28.8 Å². The number of benzene rings is 1. The third-order valence-electron chi connectivity index (χ3n) is 5.24. The van der Waals surface area contributed by atoms with Crippen LogP contribution in [0.15, 0.2) is 35.5 Å². The first kappa shape index (κ1) is 21.4. The number of amides is 1. The molecule has 1 saturated heterocycles. The number of sulfonamides is 1. The lowest BCUT2D eigenvalue weighted by Gasteiger charge is -2.34. The number of aromatic nitrogens is 3. The first-order chi connectivity index (χ1) is 13.8. The Labute approximate surface area is 172 Å². The molecule has 0 spiro atoms. The van der Waals surface area contributed by atoms with Gasteiger partial charge in [-0.1, -0.05) is 19.9 Å². The van der Waals surface area contributed by atoms with Crippen molar-refractivity contribution in [3.05, 3.63) is 42.0 Å². The summed E-state index contributed by atoms with van der Waals surface area (Å²) in [6, 6.07) is 6.26. The average Bonchev–Trinajstić information content (AvgIpc) is 3.14. The summed E-state index contributed by atoms with van der Waals surface area (Å²) in [4.78, 5) is 12.7. The molecule has 0 bridgehead atoms. The third kappa shape index (κ3) is 5.02. The average molecular weight is 420 g/mol. The Morgan fingerprint density at radius 1 is 1.24 bits per heavy atom. The van der Waals surface area contributed by atoms with Crippen LogP contribution in [-0.4, -0.2) is 53.0 Å². The molecule has 29 heavy (non-hydrogen) atoms. The van der Waals surface area contributed by atoms with Gasteiger partial charge in [0.15, 0.2) is 0 Å². The lowest BCUT2D eigenvalue weighted by atomic mass is 9.94. The van der Waals surface area contributed by atoms with E-state index in [0.29, 0.717) is 43.5 Å². The zero-order valence-corrected chi connectivity index (χ0v) is 18.0.